The van der Waals surface area contributed by atoms with Crippen LogP contribution < -0.4 is 11.1 Å². The van der Waals surface area contributed by atoms with Gasteiger partial charge >= 0.3 is 0 Å². The summed E-state index contributed by atoms with van der Waals surface area (Å²) in [5.41, 5.74) is 5.46. The minimum absolute atomic E-state index is 0. The van der Waals surface area contributed by atoms with Crippen molar-refractivity contribution in [3.05, 3.63) is 29.0 Å². The van der Waals surface area contributed by atoms with E-state index >= 15 is 0 Å². The second kappa shape index (κ2) is 6.36. The summed E-state index contributed by atoms with van der Waals surface area (Å²) in [6.07, 6.45) is 0. The van der Waals surface area contributed by atoms with E-state index in [1.165, 1.54) is 12.1 Å². The van der Waals surface area contributed by atoms with Crippen molar-refractivity contribution in [1.29, 1.82) is 0 Å². The zero-order valence-electron chi connectivity index (χ0n) is 10.5. The van der Waals surface area contributed by atoms with Gasteiger partial charge in [0.2, 0.25) is 5.91 Å². The first-order valence-corrected chi connectivity index (χ1v) is 5.61. The van der Waals surface area contributed by atoms with Gasteiger partial charge in [0.1, 0.15) is 5.82 Å². The molecule has 102 valence electrons. The van der Waals surface area contributed by atoms with Gasteiger partial charge in [0.25, 0.3) is 0 Å². The van der Waals surface area contributed by atoms with E-state index < -0.39 is 17.8 Å². The Morgan fingerprint density at radius 2 is 2.00 bits per heavy atom. The minimum atomic E-state index is -0.711. The number of rotatable bonds is 2. The first kappa shape index (κ1) is 17.2. The van der Waals surface area contributed by atoms with Crippen LogP contribution in [0.2, 0.25) is 5.02 Å². The SMILES string of the molecule is CC(C)(C)[C@H](N)C(=O)Nc1ccc(Cl)cc1F.Cl. The van der Waals surface area contributed by atoms with Crippen molar-refractivity contribution in [1.82, 2.24) is 0 Å². The van der Waals surface area contributed by atoms with Crippen molar-refractivity contribution in [2.24, 2.45) is 11.1 Å². The van der Waals surface area contributed by atoms with Crippen LogP contribution in [0.25, 0.3) is 0 Å². The Hall–Kier alpha value is -0.840. The summed E-state index contributed by atoms with van der Waals surface area (Å²) in [5, 5.41) is 2.72. The number of nitrogens with two attached hydrogens (primary N) is 1. The molecule has 0 radical (unpaired) electrons. The van der Waals surface area contributed by atoms with Gasteiger partial charge in [-0.25, -0.2) is 4.39 Å². The summed E-state index contributed by atoms with van der Waals surface area (Å²) in [6, 6.07) is 3.34. The molecule has 1 atom stereocenters. The molecule has 0 spiro atoms. The number of anilines is 1. The van der Waals surface area contributed by atoms with Crippen LogP contribution in [0.4, 0.5) is 10.1 Å². The fourth-order valence-corrected chi connectivity index (χ4v) is 1.35. The molecule has 3 nitrogen and oxygen atoms in total. The number of nitrogens with one attached hydrogen (secondary N) is 1. The monoisotopic (exact) mass is 294 g/mol. The lowest BCUT2D eigenvalue weighted by Crippen LogP contribution is -2.45. The highest BCUT2D eigenvalue weighted by atomic mass is 35.5. The maximum absolute atomic E-state index is 13.4. The molecule has 18 heavy (non-hydrogen) atoms. The first-order valence-electron chi connectivity index (χ1n) is 5.23. The Kier molecular flexibility index (Phi) is 6.07. The molecule has 1 rings (SSSR count). The maximum Gasteiger partial charge on any atom is 0.241 e. The Labute approximate surface area is 117 Å². The predicted molar refractivity (Wildman–Crippen MR) is 74.7 cm³/mol. The van der Waals surface area contributed by atoms with Crippen molar-refractivity contribution in [2.75, 3.05) is 5.32 Å². The third-order valence-corrected chi connectivity index (χ3v) is 2.64. The summed E-state index contributed by atoms with van der Waals surface area (Å²) in [7, 11) is 0. The maximum atomic E-state index is 13.4. The molecule has 0 aliphatic heterocycles. The third kappa shape index (κ3) is 4.44. The fourth-order valence-electron chi connectivity index (χ4n) is 1.19. The molecule has 1 aromatic rings. The predicted octanol–water partition coefficient (Wildman–Crippen LogP) is 3.21. The summed E-state index contributed by atoms with van der Waals surface area (Å²) in [6.45, 7) is 5.53. The van der Waals surface area contributed by atoms with Crippen LogP contribution in [-0.4, -0.2) is 11.9 Å². The fraction of sp³-hybridized carbons (Fsp3) is 0.417. The number of carbonyl (C=O) groups is 1. The van der Waals surface area contributed by atoms with E-state index in [0.29, 0.717) is 0 Å². The minimum Gasteiger partial charge on any atom is -0.322 e. The summed E-state index contributed by atoms with van der Waals surface area (Å²) in [5.74, 6) is -0.995. The second-order valence-corrected chi connectivity index (χ2v) is 5.39. The van der Waals surface area contributed by atoms with Gasteiger partial charge in [-0.2, -0.15) is 0 Å². The van der Waals surface area contributed by atoms with Crippen LogP contribution in [-0.2, 0) is 4.79 Å². The van der Waals surface area contributed by atoms with Crippen LogP contribution in [0.5, 0.6) is 0 Å². The van der Waals surface area contributed by atoms with Gasteiger partial charge in [-0.15, -0.1) is 12.4 Å². The molecule has 0 aliphatic carbocycles. The molecule has 1 aromatic carbocycles. The van der Waals surface area contributed by atoms with E-state index in [1.54, 1.807) is 0 Å². The molecule has 3 N–H and O–H groups in total. The quantitative estimate of drug-likeness (QED) is 0.880. The summed E-state index contributed by atoms with van der Waals surface area (Å²) in [4.78, 5) is 11.8. The van der Waals surface area contributed by atoms with Crippen LogP contribution in [0.3, 0.4) is 0 Å². The topological polar surface area (TPSA) is 55.1 Å². The molecule has 0 unspecified atom stereocenters. The highest BCUT2D eigenvalue weighted by Crippen LogP contribution is 2.22. The van der Waals surface area contributed by atoms with E-state index in [1.807, 2.05) is 20.8 Å². The van der Waals surface area contributed by atoms with Crippen molar-refractivity contribution in [2.45, 2.75) is 26.8 Å². The van der Waals surface area contributed by atoms with Gasteiger partial charge in [-0.1, -0.05) is 32.4 Å². The zero-order chi connectivity index (χ0) is 13.2. The van der Waals surface area contributed by atoms with E-state index in [9.17, 15) is 9.18 Å². The molecule has 0 aliphatic rings. The number of hydrogen-bond acceptors (Lipinski definition) is 2. The highest BCUT2D eigenvalue weighted by molar-refractivity contribution is 6.30. The third-order valence-electron chi connectivity index (χ3n) is 2.40. The first-order chi connectivity index (χ1) is 7.71. The van der Waals surface area contributed by atoms with E-state index in [4.69, 9.17) is 17.3 Å². The van der Waals surface area contributed by atoms with Crippen LogP contribution in [0, 0.1) is 11.2 Å². The Morgan fingerprint density at radius 3 is 2.44 bits per heavy atom. The van der Waals surface area contributed by atoms with Gasteiger partial charge in [-0.05, 0) is 23.6 Å². The average molecular weight is 295 g/mol. The standard InChI is InChI=1S/C12H16ClFN2O.ClH/c1-12(2,3)10(15)11(17)16-9-5-4-7(13)6-8(9)14;/h4-6,10H,15H2,1-3H3,(H,16,17);1H/t10-;/m1./s1. The summed E-state index contributed by atoms with van der Waals surface area (Å²) < 4.78 is 13.4. The van der Waals surface area contributed by atoms with Crippen LogP contribution in [0.1, 0.15) is 20.8 Å². The molecule has 0 aromatic heterocycles. The molecule has 0 saturated carbocycles. The van der Waals surface area contributed by atoms with Crippen molar-refractivity contribution in [3.8, 4) is 0 Å². The molecule has 6 heteroatoms. The molecule has 1 amide bonds. The number of benzene rings is 1. The Bertz CT molecular complexity index is 433. The normalized spacial score (nSPS) is 12.6. The largest absolute Gasteiger partial charge is 0.322 e. The Balaban J connectivity index is 0.00000289. The lowest BCUT2D eigenvalue weighted by Gasteiger charge is -2.25. The molecule has 0 bridgehead atoms. The van der Waals surface area contributed by atoms with Crippen molar-refractivity contribution < 1.29 is 9.18 Å². The van der Waals surface area contributed by atoms with Gasteiger partial charge in [0, 0.05) is 5.02 Å². The second-order valence-electron chi connectivity index (χ2n) is 4.96. The number of carbonyl (C=O) groups excluding carboxylic acids is 1. The van der Waals surface area contributed by atoms with Gasteiger partial charge in [0.05, 0.1) is 11.7 Å². The van der Waals surface area contributed by atoms with E-state index in [0.717, 1.165) is 6.07 Å². The molecule has 0 saturated heterocycles. The van der Waals surface area contributed by atoms with Crippen LogP contribution in [0.15, 0.2) is 18.2 Å². The van der Waals surface area contributed by atoms with Crippen molar-refractivity contribution >= 4 is 35.6 Å². The van der Waals surface area contributed by atoms with E-state index in [2.05, 4.69) is 5.32 Å². The average Bonchev–Trinajstić information content (AvgIpc) is 2.19. The lowest BCUT2D eigenvalue weighted by atomic mass is 9.87. The smallest absolute Gasteiger partial charge is 0.241 e. The van der Waals surface area contributed by atoms with Crippen LogP contribution >= 0.6 is 24.0 Å². The zero-order valence-corrected chi connectivity index (χ0v) is 12.0. The molecular weight excluding hydrogens is 278 g/mol. The number of hydrogen-bond donors (Lipinski definition) is 2. The molecule has 0 fully saturated rings. The number of halogens is 3. The van der Waals surface area contributed by atoms with Gasteiger partial charge in [0.15, 0.2) is 0 Å². The molecular formula is C12H17Cl2FN2O. The van der Waals surface area contributed by atoms with Crippen molar-refractivity contribution in [3.63, 3.8) is 0 Å². The molecule has 0 heterocycles. The highest BCUT2D eigenvalue weighted by Gasteiger charge is 2.27. The van der Waals surface area contributed by atoms with Gasteiger partial charge in [-0.3, -0.25) is 4.79 Å². The number of amides is 1. The Morgan fingerprint density at radius 1 is 1.44 bits per heavy atom. The lowest BCUT2D eigenvalue weighted by molar-refractivity contribution is -0.119. The van der Waals surface area contributed by atoms with Gasteiger partial charge < -0.3 is 11.1 Å². The van der Waals surface area contributed by atoms with E-state index in [-0.39, 0.29) is 28.5 Å². The summed E-state index contributed by atoms with van der Waals surface area (Å²) >= 11 is 5.61.